The van der Waals surface area contributed by atoms with Crippen molar-refractivity contribution in [3.8, 4) is 0 Å². The summed E-state index contributed by atoms with van der Waals surface area (Å²) < 4.78 is 38.1. The number of likely N-dealkylation sites (N-methyl/N-ethyl adjacent to an activating group) is 1. The van der Waals surface area contributed by atoms with E-state index in [1.165, 1.54) is 12.1 Å². The van der Waals surface area contributed by atoms with Crippen LogP contribution in [-0.2, 0) is 11.0 Å². The third-order valence-electron chi connectivity index (χ3n) is 4.98. The molecule has 0 spiro atoms. The molecule has 0 radical (unpaired) electrons. The summed E-state index contributed by atoms with van der Waals surface area (Å²) in [4.78, 5) is 31.5. The second-order valence-electron chi connectivity index (χ2n) is 6.75. The first-order valence-electron chi connectivity index (χ1n) is 8.60. The van der Waals surface area contributed by atoms with Gasteiger partial charge < -0.3 is 10.2 Å². The van der Waals surface area contributed by atoms with Gasteiger partial charge in [-0.1, -0.05) is 6.07 Å². The highest BCUT2D eigenvalue weighted by atomic mass is 19.4. The van der Waals surface area contributed by atoms with E-state index in [0.717, 1.165) is 19.0 Å². The monoisotopic (exact) mass is 370 g/mol. The van der Waals surface area contributed by atoms with Gasteiger partial charge in [0.25, 0.3) is 5.91 Å². The molecule has 2 aliphatic heterocycles. The molecule has 0 aliphatic carbocycles. The fourth-order valence-electron chi connectivity index (χ4n) is 3.48. The lowest BCUT2D eigenvalue weighted by atomic mass is 10.0. The Morgan fingerprint density at radius 2 is 1.88 bits per heavy atom. The summed E-state index contributed by atoms with van der Waals surface area (Å²) in [6.07, 6.45) is -2.47. The number of carbonyl (C=O) groups is 2. The van der Waals surface area contributed by atoms with Crippen LogP contribution in [0, 0.1) is 0 Å². The van der Waals surface area contributed by atoms with Gasteiger partial charge in [-0.05, 0) is 31.4 Å². The lowest BCUT2D eigenvalue weighted by Gasteiger charge is -2.35. The minimum absolute atomic E-state index is 0.0956. The average Bonchev–Trinajstić information content (AvgIpc) is 2.94. The molecule has 1 atom stereocenters. The van der Waals surface area contributed by atoms with Gasteiger partial charge in [-0.2, -0.15) is 13.2 Å². The molecule has 0 saturated carbocycles. The molecular formula is C17H21F3N4O2. The zero-order valence-corrected chi connectivity index (χ0v) is 14.4. The van der Waals surface area contributed by atoms with E-state index in [-0.39, 0.29) is 23.7 Å². The van der Waals surface area contributed by atoms with Crippen LogP contribution in [0.4, 0.5) is 13.2 Å². The molecular weight excluding hydrogens is 349 g/mol. The van der Waals surface area contributed by atoms with Gasteiger partial charge in [-0.3, -0.25) is 14.5 Å². The van der Waals surface area contributed by atoms with E-state index in [4.69, 9.17) is 0 Å². The van der Waals surface area contributed by atoms with Crippen LogP contribution in [0.5, 0.6) is 0 Å². The SMILES string of the molecule is CN1CC[C@H](N2CCC(NC(=O)c3cccc(C(F)(F)F)n3)CC2)C1=O. The summed E-state index contributed by atoms with van der Waals surface area (Å²) in [5, 5.41) is 2.75. The third-order valence-corrected chi connectivity index (χ3v) is 4.98. The zero-order chi connectivity index (χ0) is 18.9. The molecule has 6 nitrogen and oxygen atoms in total. The number of rotatable bonds is 3. The molecule has 0 bridgehead atoms. The number of hydrogen-bond donors (Lipinski definition) is 1. The summed E-state index contributed by atoms with van der Waals surface area (Å²) in [7, 11) is 1.79. The highest BCUT2D eigenvalue weighted by Gasteiger charge is 2.36. The van der Waals surface area contributed by atoms with Crippen LogP contribution in [-0.4, -0.2) is 65.4 Å². The molecule has 2 saturated heterocycles. The molecule has 2 aliphatic rings. The van der Waals surface area contributed by atoms with Crippen LogP contribution >= 0.6 is 0 Å². The van der Waals surface area contributed by atoms with Crippen molar-refractivity contribution in [1.82, 2.24) is 20.1 Å². The number of aromatic nitrogens is 1. The van der Waals surface area contributed by atoms with Crippen LogP contribution in [0.15, 0.2) is 18.2 Å². The van der Waals surface area contributed by atoms with Crippen molar-refractivity contribution in [3.05, 3.63) is 29.6 Å². The summed E-state index contributed by atoms with van der Waals surface area (Å²) in [6, 6.07) is 3.05. The van der Waals surface area contributed by atoms with E-state index in [1.807, 2.05) is 0 Å². The van der Waals surface area contributed by atoms with Gasteiger partial charge in [0.2, 0.25) is 5.91 Å². The highest BCUT2D eigenvalue weighted by Crippen LogP contribution is 2.27. The van der Waals surface area contributed by atoms with E-state index >= 15 is 0 Å². The van der Waals surface area contributed by atoms with E-state index in [2.05, 4.69) is 15.2 Å². The molecule has 142 valence electrons. The maximum atomic E-state index is 12.7. The summed E-state index contributed by atoms with van der Waals surface area (Å²) in [5.41, 5.74) is -1.32. The average molecular weight is 370 g/mol. The molecule has 1 aromatic heterocycles. The Kier molecular flexibility index (Phi) is 5.17. The Hall–Kier alpha value is -2.16. The summed E-state index contributed by atoms with van der Waals surface area (Å²) in [5.74, 6) is -0.480. The number of pyridine rings is 1. The number of amides is 2. The minimum Gasteiger partial charge on any atom is -0.348 e. The fraction of sp³-hybridized carbons (Fsp3) is 0.588. The maximum absolute atomic E-state index is 12.7. The molecule has 0 unspecified atom stereocenters. The lowest BCUT2D eigenvalue weighted by molar-refractivity contribution is -0.141. The normalized spacial score (nSPS) is 22.7. The number of hydrogen-bond acceptors (Lipinski definition) is 4. The number of likely N-dealkylation sites (tertiary alicyclic amines) is 2. The van der Waals surface area contributed by atoms with Crippen molar-refractivity contribution >= 4 is 11.8 Å². The standard InChI is InChI=1S/C17H21F3N4O2/c1-23-8-7-13(16(23)26)24-9-5-11(6-10-24)21-15(25)12-3-2-4-14(22-12)17(18,19)20/h2-4,11,13H,5-10H2,1H3,(H,21,25)/t13-/m0/s1. The highest BCUT2D eigenvalue weighted by molar-refractivity contribution is 5.92. The molecule has 2 fully saturated rings. The lowest BCUT2D eigenvalue weighted by Crippen LogP contribution is -2.50. The van der Waals surface area contributed by atoms with Gasteiger partial charge in [0.15, 0.2) is 0 Å². The van der Waals surface area contributed by atoms with Crippen molar-refractivity contribution in [3.63, 3.8) is 0 Å². The van der Waals surface area contributed by atoms with E-state index in [1.54, 1.807) is 11.9 Å². The Morgan fingerprint density at radius 1 is 1.19 bits per heavy atom. The van der Waals surface area contributed by atoms with Crippen LogP contribution in [0.3, 0.4) is 0 Å². The Balaban J connectivity index is 1.55. The van der Waals surface area contributed by atoms with Crippen LogP contribution in [0.25, 0.3) is 0 Å². The fourth-order valence-corrected chi connectivity index (χ4v) is 3.48. The van der Waals surface area contributed by atoms with E-state index in [0.29, 0.717) is 25.9 Å². The first-order chi connectivity index (χ1) is 12.3. The van der Waals surface area contributed by atoms with Crippen LogP contribution in [0.2, 0.25) is 0 Å². The second-order valence-corrected chi connectivity index (χ2v) is 6.75. The smallest absolute Gasteiger partial charge is 0.348 e. The van der Waals surface area contributed by atoms with Gasteiger partial charge in [0.1, 0.15) is 11.4 Å². The van der Waals surface area contributed by atoms with Crippen molar-refractivity contribution < 1.29 is 22.8 Å². The maximum Gasteiger partial charge on any atom is 0.433 e. The van der Waals surface area contributed by atoms with Crippen LogP contribution in [0.1, 0.15) is 35.4 Å². The minimum atomic E-state index is -4.58. The van der Waals surface area contributed by atoms with Gasteiger partial charge >= 0.3 is 6.18 Å². The number of alkyl halides is 3. The van der Waals surface area contributed by atoms with Crippen molar-refractivity contribution in [1.29, 1.82) is 0 Å². The zero-order valence-electron chi connectivity index (χ0n) is 14.4. The predicted octanol–water partition coefficient (Wildman–Crippen LogP) is 1.53. The van der Waals surface area contributed by atoms with Gasteiger partial charge in [-0.15, -0.1) is 0 Å². The van der Waals surface area contributed by atoms with Crippen molar-refractivity contribution in [2.45, 2.75) is 37.5 Å². The van der Waals surface area contributed by atoms with Crippen molar-refractivity contribution in [2.24, 2.45) is 0 Å². The molecule has 9 heteroatoms. The number of halogens is 3. The molecule has 3 rings (SSSR count). The molecule has 2 amide bonds. The first kappa shape index (κ1) is 18.6. The topological polar surface area (TPSA) is 65.5 Å². The number of nitrogens with one attached hydrogen (secondary N) is 1. The third kappa shape index (κ3) is 3.98. The number of carbonyl (C=O) groups excluding carboxylic acids is 2. The van der Waals surface area contributed by atoms with Crippen molar-refractivity contribution in [2.75, 3.05) is 26.7 Å². The summed E-state index contributed by atoms with van der Waals surface area (Å²) in [6.45, 7) is 2.10. The molecule has 26 heavy (non-hydrogen) atoms. The molecule has 1 aromatic rings. The summed E-state index contributed by atoms with van der Waals surface area (Å²) >= 11 is 0. The molecule has 0 aromatic carbocycles. The molecule has 3 heterocycles. The second kappa shape index (κ2) is 7.22. The van der Waals surface area contributed by atoms with Gasteiger partial charge in [0, 0.05) is 32.7 Å². The van der Waals surface area contributed by atoms with Gasteiger partial charge in [0.05, 0.1) is 6.04 Å². The Labute approximate surface area is 149 Å². The predicted molar refractivity (Wildman–Crippen MR) is 87.3 cm³/mol. The first-order valence-corrected chi connectivity index (χ1v) is 8.60. The largest absolute Gasteiger partial charge is 0.433 e. The van der Waals surface area contributed by atoms with E-state index in [9.17, 15) is 22.8 Å². The number of piperidine rings is 1. The Bertz CT molecular complexity index is 687. The molecule has 1 N–H and O–H groups in total. The Morgan fingerprint density at radius 3 is 2.46 bits per heavy atom. The van der Waals surface area contributed by atoms with Gasteiger partial charge in [-0.25, -0.2) is 4.98 Å². The quantitative estimate of drug-likeness (QED) is 0.876. The van der Waals surface area contributed by atoms with E-state index < -0.39 is 17.8 Å². The number of nitrogens with zero attached hydrogens (tertiary/aromatic N) is 3. The van der Waals surface area contributed by atoms with Crippen LogP contribution < -0.4 is 5.32 Å².